The standard InChI is InChI=1S/C11H10F3N/c1-2-8-7-10(8,11(12,13)14)9-5-3-4-6-15-9/h2-6,8H,1,7H2/t8?,10-/m0/s1. The number of pyridine rings is 1. The average molecular weight is 213 g/mol. The summed E-state index contributed by atoms with van der Waals surface area (Å²) in [6, 6.07) is 4.62. The molecule has 1 unspecified atom stereocenters. The first-order valence-corrected chi connectivity index (χ1v) is 4.63. The van der Waals surface area contributed by atoms with Crippen molar-refractivity contribution in [1.82, 2.24) is 4.98 Å². The van der Waals surface area contributed by atoms with Gasteiger partial charge in [-0.3, -0.25) is 4.98 Å². The van der Waals surface area contributed by atoms with Crippen LogP contribution in [0.3, 0.4) is 0 Å². The molecule has 0 saturated heterocycles. The summed E-state index contributed by atoms with van der Waals surface area (Å²) in [5.74, 6) is -0.535. The number of nitrogens with zero attached hydrogens (tertiary/aromatic N) is 1. The smallest absolute Gasteiger partial charge is 0.260 e. The lowest BCUT2D eigenvalue weighted by Gasteiger charge is -2.19. The van der Waals surface area contributed by atoms with Gasteiger partial charge < -0.3 is 0 Å². The lowest BCUT2D eigenvalue weighted by Crippen LogP contribution is -2.31. The van der Waals surface area contributed by atoms with Crippen molar-refractivity contribution in [3.63, 3.8) is 0 Å². The fourth-order valence-electron chi connectivity index (χ4n) is 1.96. The minimum atomic E-state index is -4.25. The molecule has 1 heterocycles. The molecule has 1 aromatic heterocycles. The van der Waals surface area contributed by atoms with Gasteiger partial charge in [-0.2, -0.15) is 13.2 Å². The summed E-state index contributed by atoms with van der Waals surface area (Å²) in [7, 11) is 0. The summed E-state index contributed by atoms with van der Waals surface area (Å²) in [6.07, 6.45) is -1.43. The van der Waals surface area contributed by atoms with E-state index in [1.54, 1.807) is 12.1 Å². The zero-order chi connectivity index (χ0) is 11.1. The van der Waals surface area contributed by atoms with Crippen LogP contribution < -0.4 is 0 Å². The fourth-order valence-corrected chi connectivity index (χ4v) is 1.96. The summed E-state index contributed by atoms with van der Waals surface area (Å²) in [4.78, 5) is 3.81. The molecule has 0 amide bonds. The van der Waals surface area contributed by atoms with Crippen LogP contribution in [0.4, 0.5) is 13.2 Å². The van der Waals surface area contributed by atoms with Crippen LogP contribution in [0.15, 0.2) is 37.1 Å². The van der Waals surface area contributed by atoms with Crippen LogP contribution in [0.25, 0.3) is 0 Å². The molecular weight excluding hydrogens is 203 g/mol. The Morgan fingerprint density at radius 1 is 1.47 bits per heavy atom. The highest BCUT2D eigenvalue weighted by molar-refractivity contribution is 5.33. The van der Waals surface area contributed by atoms with E-state index >= 15 is 0 Å². The minimum absolute atomic E-state index is 0.0665. The molecule has 0 N–H and O–H groups in total. The normalized spacial score (nSPS) is 29.9. The first kappa shape index (κ1) is 10.2. The maximum Gasteiger partial charge on any atom is 0.400 e. The minimum Gasteiger partial charge on any atom is -0.260 e. The van der Waals surface area contributed by atoms with Crippen LogP contribution in [0.1, 0.15) is 12.1 Å². The molecule has 1 aliphatic rings. The van der Waals surface area contributed by atoms with Crippen LogP contribution in [-0.4, -0.2) is 11.2 Å². The number of hydrogen-bond acceptors (Lipinski definition) is 1. The van der Waals surface area contributed by atoms with Crippen molar-refractivity contribution in [2.75, 3.05) is 0 Å². The monoisotopic (exact) mass is 213 g/mol. The zero-order valence-electron chi connectivity index (χ0n) is 7.96. The largest absolute Gasteiger partial charge is 0.400 e. The first-order valence-electron chi connectivity index (χ1n) is 4.63. The molecular formula is C11H10F3N. The molecule has 1 fully saturated rings. The maximum absolute atomic E-state index is 12.9. The van der Waals surface area contributed by atoms with Gasteiger partial charge in [0.05, 0.1) is 5.69 Å². The van der Waals surface area contributed by atoms with Gasteiger partial charge in [0, 0.05) is 6.20 Å². The Labute approximate surface area is 85.6 Å². The molecule has 2 atom stereocenters. The average Bonchev–Trinajstić information content (AvgIpc) is 2.94. The molecule has 1 nitrogen and oxygen atoms in total. The summed E-state index contributed by atoms with van der Waals surface area (Å²) >= 11 is 0. The van der Waals surface area contributed by atoms with Gasteiger partial charge in [-0.15, -0.1) is 6.58 Å². The molecule has 1 saturated carbocycles. The van der Waals surface area contributed by atoms with E-state index in [0.29, 0.717) is 0 Å². The molecule has 80 valence electrons. The van der Waals surface area contributed by atoms with Crippen molar-refractivity contribution in [2.45, 2.75) is 18.0 Å². The third kappa shape index (κ3) is 1.35. The number of alkyl halides is 3. The topological polar surface area (TPSA) is 12.9 Å². The van der Waals surface area contributed by atoms with E-state index in [4.69, 9.17) is 0 Å². The van der Waals surface area contributed by atoms with Gasteiger partial charge in [-0.05, 0) is 24.5 Å². The molecule has 1 aliphatic carbocycles. The second-order valence-corrected chi connectivity index (χ2v) is 3.73. The number of allylic oxidation sites excluding steroid dienone is 1. The van der Waals surface area contributed by atoms with Gasteiger partial charge in [-0.25, -0.2) is 0 Å². The number of rotatable bonds is 2. The Balaban J connectivity index is 2.43. The summed E-state index contributed by atoms with van der Waals surface area (Å²) in [6.45, 7) is 3.43. The van der Waals surface area contributed by atoms with E-state index in [9.17, 15) is 13.2 Å². The van der Waals surface area contributed by atoms with Crippen LogP contribution >= 0.6 is 0 Å². The predicted octanol–water partition coefficient (Wildman–Crippen LogP) is 3.09. The van der Waals surface area contributed by atoms with Gasteiger partial charge in [0.2, 0.25) is 0 Å². The number of hydrogen-bond donors (Lipinski definition) is 0. The van der Waals surface area contributed by atoms with Crippen LogP contribution in [0.2, 0.25) is 0 Å². The third-order valence-electron chi connectivity index (χ3n) is 2.93. The van der Waals surface area contributed by atoms with Crippen molar-refractivity contribution in [2.24, 2.45) is 5.92 Å². The molecule has 15 heavy (non-hydrogen) atoms. The second kappa shape index (κ2) is 3.08. The third-order valence-corrected chi connectivity index (χ3v) is 2.93. The van der Waals surface area contributed by atoms with E-state index in [1.165, 1.54) is 18.3 Å². The molecule has 4 heteroatoms. The van der Waals surface area contributed by atoms with Crippen molar-refractivity contribution in [3.05, 3.63) is 42.7 Å². The van der Waals surface area contributed by atoms with Gasteiger partial charge in [0.25, 0.3) is 0 Å². The van der Waals surface area contributed by atoms with Gasteiger partial charge >= 0.3 is 6.18 Å². The van der Waals surface area contributed by atoms with Crippen LogP contribution in [0.5, 0.6) is 0 Å². The van der Waals surface area contributed by atoms with Crippen LogP contribution in [-0.2, 0) is 5.41 Å². The fraction of sp³-hybridized carbons (Fsp3) is 0.364. The van der Waals surface area contributed by atoms with Gasteiger partial charge in [0.15, 0.2) is 0 Å². The summed E-state index contributed by atoms with van der Waals surface area (Å²) in [5.41, 5.74) is -1.68. The Hall–Kier alpha value is -1.32. The van der Waals surface area contributed by atoms with Gasteiger partial charge in [-0.1, -0.05) is 12.1 Å². The van der Waals surface area contributed by atoms with Crippen molar-refractivity contribution in [1.29, 1.82) is 0 Å². The van der Waals surface area contributed by atoms with Gasteiger partial charge in [0.1, 0.15) is 5.41 Å². The van der Waals surface area contributed by atoms with Crippen LogP contribution in [0, 0.1) is 5.92 Å². The lowest BCUT2D eigenvalue weighted by atomic mass is 9.97. The number of aromatic nitrogens is 1. The van der Waals surface area contributed by atoms with Crippen molar-refractivity contribution >= 4 is 0 Å². The summed E-state index contributed by atoms with van der Waals surface area (Å²) in [5, 5.41) is 0. The zero-order valence-corrected chi connectivity index (χ0v) is 7.96. The van der Waals surface area contributed by atoms with E-state index in [2.05, 4.69) is 11.6 Å². The van der Waals surface area contributed by atoms with E-state index in [-0.39, 0.29) is 12.1 Å². The highest BCUT2D eigenvalue weighted by atomic mass is 19.4. The highest BCUT2D eigenvalue weighted by Crippen LogP contribution is 2.63. The number of halogens is 3. The predicted molar refractivity (Wildman–Crippen MR) is 50.3 cm³/mol. The molecule has 0 bridgehead atoms. The van der Waals surface area contributed by atoms with E-state index in [1.807, 2.05) is 0 Å². The molecule has 0 spiro atoms. The van der Waals surface area contributed by atoms with E-state index in [0.717, 1.165) is 0 Å². The lowest BCUT2D eigenvalue weighted by molar-refractivity contribution is -0.164. The SMILES string of the molecule is C=CC1C[C@]1(c1ccccn1)C(F)(F)F. The Morgan fingerprint density at radius 2 is 2.20 bits per heavy atom. The summed E-state index contributed by atoms with van der Waals surface area (Å²) < 4.78 is 38.8. The molecule has 0 radical (unpaired) electrons. The quantitative estimate of drug-likeness (QED) is 0.688. The van der Waals surface area contributed by atoms with E-state index < -0.39 is 17.5 Å². The van der Waals surface area contributed by atoms with Crippen molar-refractivity contribution < 1.29 is 13.2 Å². The Bertz CT molecular complexity index is 371. The molecule has 0 aliphatic heterocycles. The molecule has 1 aromatic rings. The second-order valence-electron chi connectivity index (χ2n) is 3.73. The first-order chi connectivity index (χ1) is 7.02. The molecule has 2 rings (SSSR count). The molecule has 0 aromatic carbocycles. The maximum atomic E-state index is 12.9. The Morgan fingerprint density at radius 3 is 2.60 bits per heavy atom. The van der Waals surface area contributed by atoms with Crippen molar-refractivity contribution in [3.8, 4) is 0 Å². The highest BCUT2D eigenvalue weighted by Gasteiger charge is 2.71. The Kier molecular flexibility index (Phi) is 2.10.